The highest BCUT2D eigenvalue weighted by Crippen LogP contribution is 2.40. The molecule has 0 heterocycles. The first-order valence-electron chi connectivity index (χ1n) is 8.08. The van der Waals surface area contributed by atoms with Gasteiger partial charge in [-0.05, 0) is 38.0 Å². The van der Waals surface area contributed by atoms with Crippen molar-refractivity contribution in [1.82, 2.24) is 4.90 Å². The monoisotopic (exact) mass is 281 g/mol. The third-order valence-corrected chi connectivity index (χ3v) is 4.78. The van der Waals surface area contributed by atoms with Gasteiger partial charge in [-0.25, -0.2) is 0 Å². The smallest absolute Gasteiger partial charge is 0.310 e. The quantitative estimate of drug-likeness (QED) is 0.780. The summed E-state index contributed by atoms with van der Waals surface area (Å²) in [7, 11) is 0. The highest BCUT2D eigenvalue weighted by atomic mass is 16.4. The van der Waals surface area contributed by atoms with E-state index in [2.05, 4.69) is 6.92 Å². The first-order valence-corrected chi connectivity index (χ1v) is 8.08. The maximum Gasteiger partial charge on any atom is 0.310 e. The molecule has 20 heavy (non-hydrogen) atoms. The molecule has 0 aromatic carbocycles. The Morgan fingerprint density at radius 1 is 1.20 bits per heavy atom. The van der Waals surface area contributed by atoms with Crippen molar-refractivity contribution < 1.29 is 14.7 Å². The predicted octanol–water partition coefficient (Wildman–Crippen LogP) is 3.06. The normalized spacial score (nSPS) is 21.4. The molecule has 2 fully saturated rings. The molecular formula is C16H27NO3. The maximum atomic E-state index is 12.5. The summed E-state index contributed by atoms with van der Waals surface area (Å²) >= 11 is 0. The summed E-state index contributed by atoms with van der Waals surface area (Å²) in [6.45, 7) is 3.67. The van der Waals surface area contributed by atoms with E-state index >= 15 is 0 Å². The summed E-state index contributed by atoms with van der Waals surface area (Å²) in [6, 6.07) is 0. The molecule has 0 bridgehead atoms. The number of rotatable bonds is 7. The summed E-state index contributed by atoms with van der Waals surface area (Å²) < 4.78 is 0. The molecule has 0 aliphatic heterocycles. The van der Waals surface area contributed by atoms with Crippen molar-refractivity contribution in [2.45, 2.75) is 64.7 Å². The van der Waals surface area contributed by atoms with Crippen molar-refractivity contribution in [1.29, 1.82) is 0 Å². The van der Waals surface area contributed by atoms with E-state index in [0.717, 1.165) is 38.8 Å². The van der Waals surface area contributed by atoms with Gasteiger partial charge in [0.25, 0.3) is 0 Å². The van der Waals surface area contributed by atoms with Crippen molar-refractivity contribution in [3.63, 3.8) is 0 Å². The van der Waals surface area contributed by atoms with Crippen LogP contribution in [0, 0.1) is 11.3 Å². The predicted molar refractivity (Wildman–Crippen MR) is 77.4 cm³/mol. The first-order chi connectivity index (χ1) is 9.57. The van der Waals surface area contributed by atoms with Crippen molar-refractivity contribution in [2.75, 3.05) is 13.1 Å². The van der Waals surface area contributed by atoms with Gasteiger partial charge in [-0.3, -0.25) is 9.59 Å². The van der Waals surface area contributed by atoms with Gasteiger partial charge in [0.05, 0.1) is 5.41 Å². The largest absolute Gasteiger partial charge is 0.481 e. The van der Waals surface area contributed by atoms with Crippen molar-refractivity contribution in [2.24, 2.45) is 11.3 Å². The van der Waals surface area contributed by atoms with Crippen LogP contribution in [0.5, 0.6) is 0 Å². The number of nitrogens with zero attached hydrogens (tertiary/aromatic N) is 1. The average molecular weight is 281 g/mol. The lowest BCUT2D eigenvalue weighted by atomic mass is 9.71. The van der Waals surface area contributed by atoms with Gasteiger partial charge in [-0.2, -0.15) is 0 Å². The highest BCUT2D eigenvalue weighted by Gasteiger charge is 2.42. The molecule has 2 saturated carbocycles. The second kappa shape index (κ2) is 6.59. The number of carbonyl (C=O) groups excluding carboxylic acids is 1. The molecular weight excluding hydrogens is 254 g/mol. The standard InChI is InChI=1S/C16H27NO3/c1-2-10-17(12-13-6-7-13)14(18)11-16(15(19)20)8-4-3-5-9-16/h13H,2-12H2,1H3,(H,19,20). The molecule has 0 unspecified atom stereocenters. The minimum atomic E-state index is -0.787. The van der Waals surface area contributed by atoms with E-state index in [1.165, 1.54) is 12.8 Å². The zero-order valence-electron chi connectivity index (χ0n) is 12.6. The molecule has 2 aliphatic rings. The van der Waals surface area contributed by atoms with Crippen LogP contribution < -0.4 is 0 Å². The van der Waals surface area contributed by atoms with Gasteiger partial charge in [-0.15, -0.1) is 0 Å². The molecule has 2 rings (SSSR count). The van der Waals surface area contributed by atoms with E-state index in [1.54, 1.807) is 0 Å². The van der Waals surface area contributed by atoms with Gasteiger partial charge in [0.1, 0.15) is 0 Å². The lowest BCUT2D eigenvalue weighted by molar-refractivity contribution is -0.156. The number of aliphatic carboxylic acids is 1. The van der Waals surface area contributed by atoms with Gasteiger partial charge in [-0.1, -0.05) is 26.2 Å². The molecule has 1 amide bonds. The van der Waals surface area contributed by atoms with Crippen LogP contribution in [0.3, 0.4) is 0 Å². The zero-order valence-corrected chi connectivity index (χ0v) is 12.6. The third kappa shape index (κ3) is 3.74. The fourth-order valence-electron chi connectivity index (χ4n) is 3.30. The highest BCUT2D eigenvalue weighted by molar-refractivity contribution is 5.85. The molecule has 0 spiro atoms. The Hall–Kier alpha value is -1.06. The summed E-state index contributed by atoms with van der Waals surface area (Å²) in [5, 5.41) is 9.57. The van der Waals surface area contributed by atoms with Crippen LogP contribution in [0.1, 0.15) is 64.7 Å². The Kier molecular flexibility index (Phi) is 5.06. The molecule has 0 aromatic rings. The fraction of sp³-hybridized carbons (Fsp3) is 0.875. The molecule has 4 heteroatoms. The Balaban J connectivity index is 1.99. The van der Waals surface area contributed by atoms with E-state index in [4.69, 9.17) is 0 Å². The van der Waals surface area contributed by atoms with Gasteiger partial charge in [0.2, 0.25) is 5.91 Å². The van der Waals surface area contributed by atoms with Crippen LogP contribution >= 0.6 is 0 Å². The van der Waals surface area contributed by atoms with Crippen LogP contribution in [0.4, 0.5) is 0 Å². The van der Waals surface area contributed by atoms with Gasteiger partial charge in [0, 0.05) is 19.5 Å². The topological polar surface area (TPSA) is 57.6 Å². The number of hydrogen-bond donors (Lipinski definition) is 1. The third-order valence-electron chi connectivity index (χ3n) is 4.78. The molecule has 2 aliphatic carbocycles. The molecule has 114 valence electrons. The molecule has 0 atom stereocenters. The summed E-state index contributed by atoms with van der Waals surface area (Å²) in [4.78, 5) is 26.1. The van der Waals surface area contributed by atoms with Crippen LogP contribution in [-0.4, -0.2) is 35.0 Å². The molecule has 0 radical (unpaired) electrons. The van der Waals surface area contributed by atoms with Crippen molar-refractivity contribution in [3.05, 3.63) is 0 Å². The molecule has 0 aromatic heterocycles. The van der Waals surface area contributed by atoms with Crippen molar-refractivity contribution in [3.8, 4) is 0 Å². The number of carbonyl (C=O) groups is 2. The maximum absolute atomic E-state index is 12.5. The van der Waals surface area contributed by atoms with E-state index in [-0.39, 0.29) is 12.3 Å². The van der Waals surface area contributed by atoms with Gasteiger partial charge >= 0.3 is 5.97 Å². The van der Waals surface area contributed by atoms with E-state index in [1.807, 2.05) is 4.90 Å². The summed E-state index contributed by atoms with van der Waals surface area (Å²) in [6.07, 6.45) is 7.90. The molecule has 4 nitrogen and oxygen atoms in total. The van der Waals surface area contributed by atoms with Crippen LogP contribution in [-0.2, 0) is 9.59 Å². The Morgan fingerprint density at radius 2 is 1.85 bits per heavy atom. The SMILES string of the molecule is CCCN(CC1CC1)C(=O)CC1(C(=O)O)CCCCC1. The van der Waals surface area contributed by atoms with Crippen LogP contribution in [0.2, 0.25) is 0 Å². The number of hydrogen-bond acceptors (Lipinski definition) is 2. The Morgan fingerprint density at radius 3 is 2.35 bits per heavy atom. The number of amides is 1. The zero-order chi connectivity index (χ0) is 14.6. The second-order valence-electron chi connectivity index (χ2n) is 6.61. The van der Waals surface area contributed by atoms with E-state index in [9.17, 15) is 14.7 Å². The Labute approximate surface area is 121 Å². The van der Waals surface area contributed by atoms with E-state index in [0.29, 0.717) is 18.8 Å². The summed E-state index contributed by atoms with van der Waals surface area (Å²) in [5.41, 5.74) is -0.787. The Bertz CT molecular complexity index is 357. The minimum absolute atomic E-state index is 0.0584. The number of carboxylic acid groups (broad SMARTS) is 1. The van der Waals surface area contributed by atoms with Crippen molar-refractivity contribution >= 4 is 11.9 Å². The summed E-state index contributed by atoms with van der Waals surface area (Å²) in [5.74, 6) is -0.0471. The fourth-order valence-corrected chi connectivity index (χ4v) is 3.30. The lowest BCUT2D eigenvalue weighted by Crippen LogP contribution is -2.42. The van der Waals surface area contributed by atoms with Crippen LogP contribution in [0.25, 0.3) is 0 Å². The van der Waals surface area contributed by atoms with E-state index < -0.39 is 11.4 Å². The molecule has 1 N–H and O–H groups in total. The minimum Gasteiger partial charge on any atom is -0.481 e. The molecule has 0 saturated heterocycles. The number of carboxylic acids is 1. The van der Waals surface area contributed by atoms with Crippen LogP contribution in [0.15, 0.2) is 0 Å². The van der Waals surface area contributed by atoms with Gasteiger partial charge < -0.3 is 10.0 Å². The second-order valence-corrected chi connectivity index (χ2v) is 6.61. The van der Waals surface area contributed by atoms with Gasteiger partial charge in [0.15, 0.2) is 0 Å². The average Bonchev–Trinajstić information content (AvgIpc) is 3.23. The first kappa shape index (κ1) is 15.3. The lowest BCUT2D eigenvalue weighted by Gasteiger charge is -2.34.